The molecule has 2 amide bonds. The molecule has 2 aromatic rings. The summed E-state index contributed by atoms with van der Waals surface area (Å²) in [6, 6.07) is 7.27. The molecule has 1 aliphatic heterocycles. The smallest absolute Gasteiger partial charge is 0.239 e. The number of halogens is 2. The van der Waals surface area contributed by atoms with Gasteiger partial charge in [-0.15, -0.1) is 24.8 Å². The highest BCUT2D eigenvalue weighted by Crippen LogP contribution is 2.23. The minimum atomic E-state index is -0.544. The minimum Gasteiger partial charge on any atom is -0.348 e. The Morgan fingerprint density at radius 3 is 2.67 bits per heavy atom. The van der Waals surface area contributed by atoms with Gasteiger partial charge in [-0.1, -0.05) is 12.1 Å². The lowest BCUT2D eigenvalue weighted by Crippen LogP contribution is -2.48. The first-order valence-corrected chi connectivity index (χ1v) is 9.89. The highest BCUT2D eigenvalue weighted by atomic mass is 35.5. The first-order chi connectivity index (χ1) is 13.5. The SMILES string of the molecule is Cc1cccc(NC(=O)CCC2CCN(C(=O)[C@@H](N)Cc3cnc[nH]3)CC2)c1.Cl.Cl. The van der Waals surface area contributed by atoms with E-state index in [0.29, 0.717) is 31.8 Å². The molecule has 1 aromatic carbocycles. The van der Waals surface area contributed by atoms with Crippen LogP contribution in [0.5, 0.6) is 0 Å². The number of carbonyl (C=O) groups is 2. The molecule has 0 unspecified atom stereocenters. The zero-order chi connectivity index (χ0) is 19.9. The number of nitrogens with zero attached hydrogens (tertiary/aromatic N) is 2. The van der Waals surface area contributed by atoms with Gasteiger partial charge in [0.2, 0.25) is 11.8 Å². The van der Waals surface area contributed by atoms with Crippen molar-refractivity contribution >= 4 is 42.3 Å². The van der Waals surface area contributed by atoms with Crippen LogP contribution >= 0.6 is 24.8 Å². The lowest BCUT2D eigenvalue weighted by atomic mass is 9.91. The van der Waals surface area contributed by atoms with Gasteiger partial charge in [0.05, 0.1) is 12.4 Å². The Morgan fingerprint density at radius 2 is 2.03 bits per heavy atom. The number of aromatic nitrogens is 2. The topological polar surface area (TPSA) is 104 Å². The van der Waals surface area contributed by atoms with E-state index in [1.54, 1.807) is 12.5 Å². The number of aromatic amines is 1. The Hall–Kier alpha value is -2.09. The Balaban J connectivity index is 0.00000225. The van der Waals surface area contributed by atoms with Gasteiger partial charge >= 0.3 is 0 Å². The highest BCUT2D eigenvalue weighted by molar-refractivity contribution is 5.90. The van der Waals surface area contributed by atoms with Gasteiger partial charge in [-0.05, 0) is 49.8 Å². The van der Waals surface area contributed by atoms with E-state index in [9.17, 15) is 9.59 Å². The van der Waals surface area contributed by atoms with Gasteiger partial charge < -0.3 is 20.9 Å². The van der Waals surface area contributed by atoms with Crippen LogP contribution in [-0.2, 0) is 16.0 Å². The molecule has 0 radical (unpaired) electrons. The van der Waals surface area contributed by atoms with Gasteiger partial charge in [-0.2, -0.15) is 0 Å². The molecule has 0 saturated carbocycles. The second-order valence-electron chi connectivity index (χ2n) is 7.61. The molecular formula is C21H31Cl2N5O2. The Bertz CT molecular complexity index is 792. The Morgan fingerprint density at radius 1 is 1.30 bits per heavy atom. The van der Waals surface area contributed by atoms with E-state index >= 15 is 0 Å². The number of nitrogens with two attached hydrogens (primary N) is 1. The predicted molar refractivity (Wildman–Crippen MR) is 123 cm³/mol. The number of hydrogen-bond donors (Lipinski definition) is 3. The summed E-state index contributed by atoms with van der Waals surface area (Å²) < 4.78 is 0. The number of benzene rings is 1. The third kappa shape index (κ3) is 7.63. The molecule has 1 atom stereocenters. The van der Waals surface area contributed by atoms with E-state index in [-0.39, 0.29) is 36.6 Å². The summed E-state index contributed by atoms with van der Waals surface area (Å²) in [6.07, 6.45) is 6.94. The van der Waals surface area contributed by atoms with Gasteiger partial charge in [0.15, 0.2) is 0 Å². The molecule has 1 aliphatic rings. The summed E-state index contributed by atoms with van der Waals surface area (Å²) >= 11 is 0. The average Bonchev–Trinajstić information content (AvgIpc) is 3.19. The van der Waals surface area contributed by atoms with Crippen LogP contribution < -0.4 is 11.1 Å². The molecular weight excluding hydrogens is 425 g/mol. The zero-order valence-electron chi connectivity index (χ0n) is 17.2. The van der Waals surface area contributed by atoms with Crippen molar-refractivity contribution in [3.63, 3.8) is 0 Å². The second kappa shape index (κ2) is 12.6. The van der Waals surface area contributed by atoms with Gasteiger partial charge in [0.1, 0.15) is 0 Å². The van der Waals surface area contributed by atoms with Crippen LogP contribution in [-0.4, -0.2) is 45.8 Å². The molecule has 2 heterocycles. The van der Waals surface area contributed by atoms with Crippen molar-refractivity contribution in [3.05, 3.63) is 48.0 Å². The third-order valence-electron chi connectivity index (χ3n) is 5.32. The molecule has 3 rings (SSSR count). The lowest BCUT2D eigenvalue weighted by molar-refractivity contribution is -0.134. The monoisotopic (exact) mass is 455 g/mol. The van der Waals surface area contributed by atoms with E-state index in [0.717, 1.165) is 36.2 Å². The average molecular weight is 456 g/mol. The molecule has 0 aliphatic carbocycles. The number of nitrogens with one attached hydrogen (secondary N) is 2. The maximum absolute atomic E-state index is 12.5. The fourth-order valence-corrected chi connectivity index (χ4v) is 3.68. The van der Waals surface area contributed by atoms with Crippen LogP contribution in [0.2, 0.25) is 0 Å². The molecule has 4 N–H and O–H groups in total. The number of likely N-dealkylation sites (tertiary alicyclic amines) is 1. The van der Waals surface area contributed by atoms with Gasteiger partial charge in [-0.3, -0.25) is 9.59 Å². The first-order valence-electron chi connectivity index (χ1n) is 9.89. The summed E-state index contributed by atoms with van der Waals surface area (Å²) in [4.78, 5) is 33.5. The maximum atomic E-state index is 12.5. The molecule has 1 fully saturated rings. The van der Waals surface area contributed by atoms with Crippen molar-refractivity contribution in [2.75, 3.05) is 18.4 Å². The van der Waals surface area contributed by atoms with E-state index in [4.69, 9.17) is 5.73 Å². The number of rotatable bonds is 7. The Labute approximate surface area is 190 Å². The number of piperidine rings is 1. The standard InChI is InChI=1S/C21H29N5O2.2ClH/c1-15-3-2-4-17(11-15)25-20(27)6-5-16-7-9-26(10-8-16)21(28)19(22)12-18-13-23-14-24-18;;/h2-4,11,13-14,16,19H,5-10,12,22H2,1H3,(H,23,24)(H,25,27);2*1H/t19-;;/m0../s1. The molecule has 7 nitrogen and oxygen atoms in total. The fourth-order valence-electron chi connectivity index (χ4n) is 3.68. The molecule has 30 heavy (non-hydrogen) atoms. The fraction of sp³-hybridized carbons (Fsp3) is 0.476. The van der Waals surface area contributed by atoms with E-state index in [1.807, 2.05) is 36.1 Å². The van der Waals surface area contributed by atoms with Crippen LogP contribution in [0.4, 0.5) is 5.69 Å². The Kier molecular flexibility index (Phi) is 10.9. The van der Waals surface area contributed by atoms with Gasteiger partial charge in [0.25, 0.3) is 0 Å². The number of carbonyl (C=O) groups excluding carboxylic acids is 2. The zero-order valence-corrected chi connectivity index (χ0v) is 18.8. The summed E-state index contributed by atoms with van der Waals surface area (Å²) in [6.45, 7) is 3.42. The van der Waals surface area contributed by atoms with Gasteiger partial charge in [0, 0.05) is 43.5 Å². The van der Waals surface area contributed by atoms with E-state index in [2.05, 4.69) is 15.3 Å². The predicted octanol–water partition coefficient (Wildman–Crippen LogP) is 3.09. The van der Waals surface area contributed by atoms with Crippen LogP contribution in [0.15, 0.2) is 36.8 Å². The van der Waals surface area contributed by atoms with Crippen molar-refractivity contribution in [2.24, 2.45) is 11.7 Å². The maximum Gasteiger partial charge on any atom is 0.239 e. The van der Waals surface area contributed by atoms with Crippen molar-refractivity contribution in [3.8, 4) is 0 Å². The van der Waals surface area contributed by atoms with Crippen LogP contribution in [0.1, 0.15) is 36.9 Å². The number of hydrogen-bond acceptors (Lipinski definition) is 4. The summed E-state index contributed by atoms with van der Waals surface area (Å²) in [7, 11) is 0. The lowest BCUT2D eigenvalue weighted by Gasteiger charge is -2.33. The van der Waals surface area contributed by atoms with Crippen molar-refractivity contribution in [1.29, 1.82) is 0 Å². The third-order valence-corrected chi connectivity index (χ3v) is 5.32. The first kappa shape index (κ1) is 25.9. The number of imidazole rings is 1. The van der Waals surface area contributed by atoms with Gasteiger partial charge in [-0.25, -0.2) is 4.98 Å². The van der Waals surface area contributed by atoms with Crippen LogP contribution in [0.25, 0.3) is 0 Å². The number of amides is 2. The highest BCUT2D eigenvalue weighted by Gasteiger charge is 2.26. The summed E-state index contributed by atoms with van der Waals surface area (Å²) in [5, 5.41) is 2.96. The van der Waals surface area contributed by atoms with E-state index < -0.39 is 6.04 Å². The van der Waals surface area contributed by atoms with Crippen molar-refractivity contribution in [2.45, 2.75) is 45.1 Å². The minimum absolute atomic E-state index is 0. The number of anilines is 1. The molecule has 166 valence electrons. The number of aryl methyl sites for hydroxylation is 1. The molecule has 1 aromatic heterocycles. The molecule has 1 saturated heterocycles. The number of H-pyrrole nitrogens is 1. The van der Waals surface area contributed by atoms with Crippen LogP contribution in [0, 0.1) is 12.8 Å². The van der Waals surface area contributed by atoms with Crippen LogP contribution in [0.3, 0.4) is 0 Å². The quantitative estimate of drug-likeness (QED) is 0.596. The summed E-state index contributed by atoms with van der Waals surface area (Å²) in [5.41, 5.74) is 8.90. The molecule has 0 bridgehead atoms. The molecule has 9 heteroatoms. The molecule has 0 spiro atoms. The normalized spacial score (nSPS) is 14.9. The van der Waals surface area contributed by atoms with E-state index in [1.165, 1.54) is 0 Å². The second-order valence-corrected chi connectivity index (χ2v) is 7.61. The largest absolute Gasteiger partial charge is 0.348 e. The summed E-state index contributed by atoms with van der Waals surface area (Å²) in [5.74, 6) is 0.507. The van der Waals surface area contributed by atoms with Crippen molar-refractivity contribution in [1.82, 2.24) is 14.9 Å². The van der Waals surface area contributed by atoms with Crippen molar-refractivity contribution < 1.29 is 9.59 Å².